The molecule has 0 bridgehead atoms. The number of ether oxygens (including phenoxy) is 1. The van der Waals surface area contributed by atoms with Crippen LogP contribution in [-0.4, -0.2) is 35.3 Å². The number of hydrogen-bond donors (Lipinski definition) is 1. The van der Waals surface area contributed by atoms with Gasteiger partial charge < -0.3 is 14.6 Å². The molecule has 6 nitrogen and oxygen atoms in total. The normalized spacial score (nSPS) is 17.6. The molecule has 1 fully saturated rings. The van der Waals surface area contributed by atoms with Crippen molar-refractivity contribution >= 4 is 5.91 Å². The maximum absolute atomic E-state index is 11.8. The third kappa shape index (κ3) is 3.51. The highest BCUT2D eigenvalue weighted by Crippen LogP contribution is 2.17. The number of benzene rings is 1. The van der Waals surface area contributed by atoms with E-state index in [0.29, 0.717) is 31.3 Å². The van der Waals surface area contributed by atoms with Crippen LogP contribution in [0.15, 0.2) is 28.8 Å². The van der Waals surface area contributed by atoms with Gasteiger partial charge in [0.05, 0.1) is 0 Å². The number of nitrogens with zero attached hydrogens (tertiary/aromatic N) is 2. The summed E-state index contributed by atoms with van der Waals surface area (Å²) < 4.78 is 10.5. The largest absolute Gasteiger partial charge is 0.368 e. The van der Waals surface area contributed by atoms with Gasteiger partial charge in [-0.3, -0.25) is 4.79 Å². The van der Waals surface area contributed by atoms with Crippen molar-refractivity contribution in [3.63, 3.8) is 0 Å². The van der Waals surface area contributed by atoms with E-state index in [-0.39, 0.29) is 12.0 Å². The molecule has 1 N–H and O–H groups in total. The molecule has 1 aromatic carbocycles. The maximum Gasteiger partial charge on any atom is 0.249 e. The predicted molar refractivity (Wildman–Crippen MR) is 80.2 cm³/mol. The third-order valence-corrected chi connectivity index (χ3v) is 3.60. The second kappa shape index (κ2) is 6.70. The summed E-state index contributed by atoms with van der Waals surface area (Å²) in [5, 5.41) is 6.82. The summed E-state index contributed by atoms with van der Waals surface area (Å²) in [5.41, 5.74) is 2.08. The predicted octanol–water partition coefficient (Wildman–Crippen LogP) is 1.88. The summed E-state index contributed by atoms with van der Waals surface area (Å²) >= 11 is 0. The van der Waals surface area contributed by atoms with Crippen molar-refractivity contribution in [2.75, 3.05) is 13.2 Å². The first-order valence-corrected chi connectivity index (χ1v) is 7.51. The molecule has 0 saturated carbocycles. The fourth-order valence-corrected chi connectivity index (χ4v) is 2.45. The van der Waals surface area contributed by atoms with E-state index in [1.165, 1.54) is 0 Å². The topological polar surface area (TPSA) is 77.2 Å². The number of nitrogens with one attached hydrogen (secondary N) is 1. The van der Waals surface area contributed by atoms with E-state index in [1.807, 2.05) is 31.2 Å². The molecular formula is C16H19N3O3. The van der Waals surface area contributed by atoms with Crippen LogP contribution in [0.3, 0.4) is 0 Å². The lowest BCUT2D eigenvalue weighted by Crippen LogP contribution is -2.35. The Bertz CT molecular complexity index is 648. The van der Waals surface area contributed by atoms with Crippen LogP contribution in [0.5, 0.6) is 0 Å². The van der Waals surface area contributed by atoms with Gasteiger partial charge in [0.25, 0.3) is 0 Å². The quantitative estimate of drug-likeness (QED) is 0.912. The molecule has 3 rings (SSSR count). The Hall–Kier alpha value is -2.21. The monoisotopic (exact) mass is 301 g/mol. The summed E-state index contributed by atoms with van der Waals surface area (Å²) in [4.78, 5) is 16.2. The van der Waals surface area contributed by atoms with Crippen molar-refractivity contribution in [3.05, 3.63) is 35.7 Å². The maximum atomic E-state index is 11.8. The van der Waals surface area contributed by atoms with Gasteiger partial charge in [0.1, 0.15) is 6.10 Å². The first kappa shape index (κ1) is 14.7. The van der Waals surface area contributed by atoms with Gasteiger partial charge in [-0.15, -0.1) is 0 Å². The highest BCUT2D eigenvalue weighted by molar-refractivity contribution is 5.80. The molecule has 6 heteroatoms. The molecule has 0 radical (unpaired) electrons. The average Bonchev–Trinajstić information content (AvgIpc) is 3.19. The fraction of sp³-hybridized carbons (Fsp3) is 0.438. The zero-order valence-electron chi connectivity index (χ0n) is 12.5. The number of aromatic nitrogens is 2. The second-order valence-corrected chi connectivity index (χ2v) is 5.42. The summed E-state index contributed by atoms with van der Waals surface area (Å²) in [6, 6.07) is 7.93. The van der Waals surface area contributed by atoms with E-state index < -0.39 is 0 Å². The molecule has 1 aliphatic rings. The summed E-state index contributed by atoms with van der Waals surface area (Å²) in [5.74, 6) is 1.03. The minimum atomic E-state index is -0.300. The van der Waals surface area contributed by atoms with Crippen molar-refractivity contribution in [2.24, 2.45) is 0 Å². The number of amides is 1. The van der Waals surface area contributed by atoms with E-state index in [4.69, 9.17) is 9.26 Å². The van der Waals surface area contributed by atoms with Crippen LogP contribution < -0.4 is 5.32 Å². The van der Waals surface area contributed by atoms with Crippen LogP contribution in [0, 0.1) is 6.92 Å². The molecule has 116 valence electrons. The fourth-order valence-electron chi connectivity index (χ4n) is 2.45. The lowest BCUT2D eigenvalue weighted by Gasteiger charge is -2.08. The van der Waals surface area contributed by atoms with Gasteiger partial charge >= 0.3 is 0 Å². The van der Waals surface area contributed by atoms with Crippen molar-refractivity contribution < 1.29 is 14.1 Å². The molecular weight excluding hydrogens is 282 g/mol. The first-order chi connectivity index (χ1) is 10.7. The molecule has 1 atom stereocenters. The van der Waals surface area contributed by atoms with E-state index in [9.17, 15) is 4.79 Å². The number of carbonyl (C=O) groups excluding carboxylic acids is 1. The molecule has 0 spiro atoms. The van der Waals surface area contributed by atoms with Gasteiger partial charge in [-0.1, -0.05) is 28.9 Å². The smallest absolute Gasteiger partial charge is 0.249 e. The lowest BCUT2D eigenvalue weighted by atomic mass is 10.1. The number of carbonyl (C=O) groups is 1. The Morgan fingerprint density at radius 1 is 1.45 bits per heavy atom. The van der Waals surface area contributed by atoms with Gasteiger partial charge in [0, 0.05) is 25.1 Å². The standard InChI is InChI=1S/C16H19N3O3/c1-11-4-2-5-12(10-11)15-18-14(22-19-15)7-8-17-16(20)13-6-3-9-21-13/h2,4-5,10,13H,3,6-9H2,1H3,(H,17,20). The van der Waals surface area contributed by atoms with Crippen LogP contribution in [0.4, 0.5) is 0 Å². The molecule has 22 heavy (non-hydrogen) atoms. The summed E-state index contributed by atoms with van der Waals surface area (Å²) in [6.45, 7) is 3.15. The number of rotatable bonds is 5. The Morgan fingerprint density at radius 3 is 3.14 bits per heavy atom. The van der Waals surface area contributed by atoms with Crippen LogP contribution in [0.2, 0.25) is 0 Å². The van der Waals surface area contributed by atoms with Crippen LogP contribution >= 0.6 is 0 Å². The van der Waals surface area contributed by atoms with Crippen LogP contribution in [0.1, 0.15) is 24.3 Å². The Kier molecular flexibility index (Phi) is 4.48. The molecule has 0 aliphatic carbocycles. The lowest BCUT2D eigenvalue weighted by molar-refractivity contribution is -0.130. The highest BCUT2D eigenvalue weighted by Gasteiger charge is 2.23. The zero-order chi connectivity index (χ0) is 15.4. The average molecular weight is 301 g/mol. The molecule has 2 aromatic rings. The highest BCUT2D eigenvalue weighted by atomic mass is 16.5. The zero-order valence-corrected chi connectivity index (χ0v) is 12.5. The molecule has 2 heterocycles. The van der Waals surface area contributed by atoms with Crippen molar-refractivity contribution in [3.8, 4) is 11.4 Å². The number of hydrogen-bond acceptors (Lipinski definition) is 5. The van der Waals surface area contributed by atoms with Crippen molar-refractivity contribution in [2.45, 2.75) is 32.3 Å². The molecule has 1 aliphatic heterocycles. The van der Waals surface area contributed by atoms with Crippen molar-refractivity contribution in [1.82, 2.24) is 15.5 Å². The van der Waals surface area contributed by atoms with E-state index in [2.05, 4.69) is 15.5 Å². The minimum Gasteiger partial charge on any atom is -0.368 e. The molecule has 1 aromatic heterocycles. The van der Waals surface area contributed by atoms with Gasteiger partial charge in [0.15, 0.2) is 0 Å². The van der Waals surface area contributed by atoms with Crippen molar-refractivity contribution in [1.29, 1.82) is 0 Å². The molecule has 1 unspecified atom stereocenters. The summed E-state index contributed by atoms with van der Waals surface area (Å²) in [7, 11) is 0. The first-order valence-electron chi connectivity index (χ1n) is 7.51. The van der Waals surface area contributed by atoms with Gasteiger partial charge in [0.2, 0.25) is 17.6 Å². The molecule has 1 amide bonds. The van der Waals surface area contributed by atoms with Gasteiger partial charge in [-0.2, -0.15) is 4.98 Å². The van der Waals surface area contributed by atoms with E-state index in [0.717, 1.165) is 24.0 Å². The third-order valence-electron chi connectivity index (χ3n) is 3.60. The second-order valence-electron chi connectivity index (χ2n) is 5.42. The van der Waals surface area contributed by atoms with E-state index >= 15 is 0 Å². The Balaban J connectivity index is 1.52. The van der Waals surface area contributed by atoms with E-state index in [1.54, 1.807) is 0 Å². The van der Waals surface area contributed by atoms with Crippen LogP contribution in [0.25, 0.3) is 11.4 Å². The van der Waals surface area contributed by atoms with Gasteiger partial charge in [-0.05, 0) is 25.8 Å². The number of aryl methyl sites for hydroxylation is 1. The minimum absolute atomic E-state index is 0.0593. The Labute approximate surface area is 128 Å². The summed E-state index contributed by atoms with van der Waals surface area (Å²) in [6.07, 6.45) is 1.95. The SMILES string of the molecule is Cc1cccc(-c2noc(CCNC(=O)C3CCCO3)n2)c1. The molecule has 1 saturated heterocycles. The van der Waals surface area contributed by atoms with Crippen LogP contribution in [-0.2, 0) is 16.0 Å². The van der Waals surface area contributed by atoms with Gasteiger partial charge in [-0.25, -0.2) is 0 Å². The Morgan fingerprint density at radius 2 is 2.36 bits per heavy atom.